The minimum atomic E-state index is -0.895. The number of hydrogen-bond donors (Lipinski definition) is 1. The number of carboxylic acid groups (broad SMARTS) is 1. The van der Waals surface area contributed by atoms with Gasteiger partial charge in [-0.15, -0.1) is 0 Å². The van der Waals surface area contributed by atoms with Gasteiger partial charge in [-0.2, -0.15) is 0 Å². The number of hydrogen-bond acceptors (Lipinski definition) is 3. The van der Waals surface area contributed by atoms with Crippen LogP contribution in [0.3, 0.4) is 0 Å². The molecule has 0 bridgehead atoms. The third-order valence-corrected chi connectivity index (χ3v) is 1.85. The van der Waals surface area contributed by atoms with Crippen LogP contribution in [0.15, 0.2) is 24.0 Å². The van der Waals surface area contributed by atoms with Gasteiger partial charge in [0.1, 0.15) is 5.82 Å². The molecule has 1 heterocycles. The van der Waals surface area contributed by atoms with Crippen molar-refractivity contribution in [1.82, 2.24) is 9.97 Å². The van der Waals surface area contributed by atoms with Gasteiger partial charge in [-0.05, 0) is 19.4 Å². The van der Waals surface area contributed by atoms with E-state index in [1.165, 1.54) is 0 Å². The van der Waals surface area contributed by atoms with Gasteiger partial charge in [0, 0.05) is 24.4 Å². The number of rotatable bonds is 3. The zero-order chi connectivity index (χ0) is 10.6. The summed E-state index contributed by atoms with van der Waals surface area (Å²) >= 11 is 0. The van der Waals surface area contributed by atoms with Crippen molar-refractivity contribution in [2.45, 2.75) is 20.3 Å². The van der Waals surface area contributed by atoms with Crippen LogP contribution in [0.4, 0.5) is 0 Å². The van der Waals surface area contributed by atoms with Crippen molar-refractivity contribution in [3.63, 3.8) is 0 Å². The summed E-state index contributed by atoms with van der Waals surface area (Å²) in [7, 11) is 0. The summed E-state index contributed by atoms with van der Waals surface area (Å²) in [5.74, 6) is -0.209. The molecule has 74 valence electrons. The molecule has 0 amide bonds. The number of aryl methyl sites for hydroxylation is 1. The van der Waals surface area contributed by atoms with Crippen LogP contribution >= 0.6 is 0 Å². The van der Waals surface area contributed by atoms with Crippen LogP contribution in [0.2, 0.25) is 0 Å². The van der Waals surface area contributed by atoms with Gasteiger partial charge < -0.3 is 5.11 Å². The molecule has 1 N–H and O–H groups in total. The smallest absolute Gasteiger partial charge is 0.331 e. The molecule has 0 aliphatic heterocycles. The van der Waals surface area contributed by atoms with Gasteiger partial charge in [0.05, 0.1) is 0 Å². The molecule has 0 aromatic carbocycles. The van der Waals surface area contributed by atoms with Gasteiger partial charge in [-0.1, -0.05) is 6.08 Å². The Balaban J connectivity index is 2.78. The Labute approximate surface area is 82.3 Å². The SMILES string of the molecule is C/C=C(/Cc1cnc(C)nc1)C(=O)O. The van der Waals surface area contributed by atoms with Gasteiger partial charge in [0.15, 0.2) is 0 Å². The van der Waals surface area contributed by atoms with Crippen molar-refractivity contribution >= 4 is 5.97 Å². The van der Waals surface area contributed by atoms with Crippen LogP contribution in [0.1, 0.15) is 18.3 Å². The molecule has 4 heteroatoms. The van der Waals surface area contributed by atoms with Crippen molar-refractivity contribution in [3.05, 3.63) is 35.4 Å². The molecule has 14 heavy (non-hydrogen) atoms. The fourth-order valence-electron chi connectivity index (χ4n) is 1.03. The van der Waals surface area contributed by atoms with Crippen LogP contribution in [-0.2, 0) is 11.2 Å². The normalized spacial score (nSPS) is 11.4. The van der Waals surface area contributed by atoms with Crippen molar-refractivity contribution in [1.29, 1.82) is 0 Å². The highest BCUT2D eigenvalue weighted by molar-refractivity contribution is 5.86. The Kier molecular flexibility index (Phi) is 3.34. The highest BCUT2D eigenvalue weighted by atomic mass is 16.4. The standard InChI is InChI=1S/C10H12N2O2/c1-3-9(10(13)14)4-8-5-11-7(2)12-6-8/h3,5-6H,4H2,1-2H3,(H,13,14)/b9-3-. The van der Waals surface area contributed by atoms with Crippen LogP contribution in [0.5, 0.6) is 0 Å². The molecule has 0 saturated carbocycles. The molecule has 0 spiro atoms. The monoisotopic (exact) mass is 192 g/mol. The first-order valence-electron chi connectivity index (χ1n) is 4.29. The van der Waals surface area contributed by atoms with Crippen LogP contribution < -0.4 is 0 Å². The average Bonchev–Trinajstić information content (AvgIpc) is 2.16. The molecule has 0 unspecified atom stereocenters. The van der Waals surface area contributed by atoms with E-state index >= 15 is 0 Å². The first-order valence-corrected chi connectivity index (χ1v) is 4.29. The van der Waals surface area contributed by atoms with Crippen molar-refractivity contribution in [2.75, 3.05) is 0 Å². The zero-order valence-corrected chi connectivity index (χ0v) is 8.19. The van der Waals surface area contributed by atoms with Gasteiger partial charge in [-0.25, -0.2) is 14.8 Å². The molecule has 0 aliphatic rings. The molecule has 0 aliphatic carbocycles. The molecule has 0 radical (unpaired) electrons. The summed E-state index contributed by atoms with van der Waals surface area (Å²) in [5, 5.41) is 8.78. The second kappa shape index (κ2) is 4.50. The summed E-state index contributed by atoms with van der Waals surface area (Å²) < 4.78 is 0. The van der Waals surface area contributed by atoms with Gasteiger partial charge in [0.25, 0.3) is 0 Å². The topological polar surface area (TPSA) is 63.1 Å². The highest BCUT2D eigenvalue weighted by Gasteiger charge is 2.06. The van der Waals surface area contributed by atoms with E-state index in [9.17, 15) is 4.79 Å². The molecular formula is C10H12N2O2. The lowest BCUT2D eigenvalue weighted by molar-refractivity contribution is -0.132. The van der Waals surface area contributed by atoms with E-state index in [1.54, 1.807) is 32.3 Å². The largest absolute Gasteiger partial charge is 0.478 e. The lowest BCUT2D eigenvalue weighted by atomic mass is 10.1. The molecule has 0 fully saturated rings. The van der Waals surface area contributed by atoms with Crippen molar-refractivity contribution < 1.29 is 9.90 Å². The lowest BCUT2D eigenvalue weighted by Gasteiger charge is -2.01. The molecule has 1 aromatic heterocycles. The van der Waals surface area contributed by atoms with Gasteiger partial charge in [-0.3, -0.25) is 0 Å². The second-order valence-corrected chi connectivity index (χ2v) is 2.93. The Hall–Kier alpha value is -1.71. The number of nitrogens with zero attached hydrogens (tertiary/aromatic N) is 2. The Morgan fingerprint density at radius 2 is 2.07 bits per heavy atom. The fraction of sp³-hybridized carbons (Fsp3) is 0.300. The predicted molar refractivity (Wildman–Crippen MR) is 51.9 cm³/mol. The molecule has 0 atom stereocenters. The second-order valence-electron chi connectivity index (χ2n) is 2.93. The molecular weight excluding hydrogens is 180 g/mol. The van der Waals surface area contributed by atoms with Crippen LogP contribution in [-0.4, -0.2) is 21.0 Å². The summed E-state index contributed by atoms with van der Waals surface area (Å²) in [6, 6.07) is 0. The van der Waals surface area contributed by atoms with E-state index in [0.717, 1.165) is 5.56 Å². The number of carbonyl (C=O) groups is 1. The Morgan fingerprint density at radius 3 is 2.50 bits per heavy atom. The van der Waals surface area contributed by atoms with E-state index in [-0.39, 0.29) is 0 Å². The highest BCUT2D eigenvalue weighted by Crippen LogP contribution is 2.06. The Bertz CT molecular complexity index is 355. The van der Waals surface area contributed by atoms with Gasteiger partial charge >= 0.3 is 5.97 Å². The van der Waals surface area contributed by atoms with E-state index in [1.807, 2.05) is 0 Å². The quantitative estimate of drug-likeness (QED) is 0.734. The van der Waals surface area contributed by atoms with Crippen LogP contribution in [0.25, 0.3) is 0 Å². The van der Waals surface area contributed by atoms with E-state index in [0.29, 0.717) is 17.8 Å². The molecule has 0 saturated heterocycles. The average molecular weight is 192 g/mol. The third-order valence-electron chi connectivity index (χ3n) is 1.85. The maximum absolute atomic E-state index is 10.7. The number of carboxylic acids is 1. The number of allylic oxidation sites excluding steroid dienone is 1. The zero-order valence-electron chi connectivity index (χ0n) is 8.19. The summed E-state index contributed by atoms with van der Waals surface area (Å²) in [6.07, 6.45) is 5.25. The first kappa shape index (κ1) is 10.4. The fourth-order valence-corrected chi connectivity index (χ4v) is 1.03. The van der Waals surface area contributed by atoms with Gasteiger partial charge in [0.2, 0.25) is 0 Å². The maximum Gasteiger partial charge on any atom is 0.331 e. The van der Waals surface area contributed by atoms with Crippen LogP contribution in [0, 0.1) is 6.92 Å². The van der Waals surface area contributed by atoms with E-state index in [2.05, 4.69) is 9.97 Å². The predicted octanol–water partition coefficient (Wildman–Crippen LogP) is 1.36. The maximum atomic E-state index is 10.7. The molecule has 1 rings (SSSR count). The van der Waals surface area contributed by atoms with Crippen molar-refractivity contribution in [2.24, 2.45) is 0 Å². The summed E-state index contributed by atoms with van der Waals surface area (Å²) in [5.41, 5.74) is 1.17. The molecule has 1 aromatic rings. The lowest BCUT2D eigenvalue weighted by Crippen LogP contribution is -2.04. The summed E-state index contributed by atoms with van der Waals surface area (Å²) in [6.45, 7) is 3.50. The third kappa shape index (κ3) is 2.65. The minimum Gasteiger partial charge on any atom is -0.478 e. The van der Waals surface area contributed by atoms with E-state index in [4.69, 9.17) is 5.11 Å². The molecule has 4 nitrogen and oxygen atoms in total. The minimum absolute atomic E-state index is 0.359. The van der Waals surface area contributed by atoms with E-state index < -0.39 is 5.97 Å². The van der Waals surface area contributed by atoms with Crippen molar-refractivity contribution in [3.8, 4) is 0 Å². The summed E-state index contributed by atoms with van der Waals surface area (Å²) in [4.78, 5) is 18.7. The number of aliphatic carboxylic acids is 1. The Morgan fingerprint density at radius 1 is 1.50 bits per heavy atom. The number of aromatic nitrogens is 2. The first-order chi connectivity index (χ1) is 6.63.